The van der Waals surface area contributed by atoms with Gasteiger partial charge in [-0.3, -0.25) is 9.69 Å². The van der Waals surface area contributed by atoms with Gasteiger partial charge in [0.2, 0.25) is 0 Å². The van der Waals surface area contributed by atoms with Gasteiger partial charge in [-0.05, 0) is 31.2 Å². The van der Waals surface area contributed by atoms with E-state index in [4.69, 9.17) is 0 Å². The van der Waals surface area contributed by atoms with Crippen molar-refractivity contribution in [2.45, 2.75) is 19.4 Å². The van der Waals surface area contributed by atoms with Gasteiger partial charge in [0.1, 0.15) is 5.82 Å². The molecule has 3 fully saturated rings. The molecule has 30 heavy (non-hydrogen) atoms. The van der Waals surface area contributed by atoms with Gasteiger partial charge >= 0.3 is 0 Å². The molecule has 6 nitrogen and oxygen atoms in total. The Labute approximate surface area is 191 Å². The van der Waals surface area contributed by atoms with Gasteiger partial charge < -0.3 is 20.0 Å². The van der Waals surface area contributed by atoms with E-state index < -0.39 is 0 Å². The van der Waals surface area contributed by atoms with E-state index in [-0.39, 0.29) is 36.5 Å². The average molecular weight is 462 g/mol. The summed E-state index contributed by atoms with van der Waals surface area (Å²) >= 11 is 0. The number of nitrogens with zero attached hydrogens (tertiary/aromatic N) is 4. The lowest BCUT2D eigenvalue weighted by Crippen LogP contribution is -2.49. The van der Waals surface area contributed by atoms with Crippen molar-refractivity contribution >= 4 is 36.4 Å². The van der Waals surface area contributed by atoms with Gasteiger partial charge in [-0.2, -0.15) is 0 Å². The topological polar surface area (TPSA) is 42.1 Å². The Morgan fingerprint density at radius 3 is 2.40 bits per heavy atom. The molecule has 1 unspecified atom stereocenters. The summed E-state index contributed by atoms with van der Waals surface area (Å²) < 4.78 is 14.8. The van der Waals surface area contributed by atoms with Crippen LogP contribution in [0.4, 0.5) is 10.1 Å². The summed E-state index contributed by atoms with van der Waals surface area (Å²) in [5.74, 6) is -0.326. The summed E-state index contributed by atoms with van der Waals surface area (Å²) in [6.45, 7) is 12.4. The van der Waals surface area contributed by atoms with E-state index in [1.54, 1.807) is 12.1 Å². The minimum Gasteiger partial charge on any atom is -0.367 e. The monoisotopic (exact) mass is 461 g/mol. The van der Waals surface area contributed by atoms with Crippen LogP contribution in [0.1, 0.15) is 23.7 Å². The van der Waals surface area contributed by atoms with E-state index in [1.165, 1.54) is 6.07 Å². The first kappa shape index (κ1) is 25.1. The molecule has 0 aliphatic carbocycles. The third kappa shape index (κ3) is 5.56. The van der Waals surface area contributed by atoms with Crippen molar-refractivity contribution in [3.63, 3.8) is 0 Å². The minimum absolute atomic E-state index is 0. The molecule has 9 heteroatoms. The predicted octanol–water partition coefficient (Wildman–Crippen LogP) is 1.93. The van der Waals surface area contributed by atoms with Gasteiger partial charge in [0.05, 0.1) is 5.69 Å². The molecule has 3 aliphatic heterocycles. The molecule has 3 saturated heterocycles. The summed E-state index contributed by atoms with van der Waals surface area (Å²) in [6, 6.07) is 5.45. The van der Waals surface area contributed by atoms with Crippen LogP contribution in [0, 0.1) is 5.82 Å². The molecule has 1 aromatic carbocycles. The largest absolute Gasteiger partial charge is 0.367 e. The number of anilines is 1. The summed E-state index contributed by atoms with van der Waals surface area (Å²) in [4.78, 5) is 21.7. The standard InChI is InChI=1S/C21H32FN5O.2ClH/c1-2-24-11-13-26(14-12-24)20-4-3-17(15-19(20)22)21(28)27-8-5-18(16-27)25-9-6-23-7-10-25;;/h3-4,15,18,23H,2,5-14,16H2,1H3;2*1H. The van der Waals surface area contributed by atoms with E-state index >= 15 is 0 Å². The van der Waals surface area contributed by atoms with Gasteiger partial charge in [0, 0.05) is 77.1 Å². The van der Waals surface area contributed by atoms with Crippen LogP contribution in [0.2, 0.25) is 0 Å². The first-order valence-corrected chi connectivity index (χ1v) is 10.7. The molecule has 1 N–H and O–H groups in total. The van der Waals surface area contributed by atoms with Gasteiger partial charge in [-0.15, -0.1) is 24.8 Å². The molecule has 4 rings (SSSR count). The third-order valence-corrected chi connectivity index (χ3v) is 6.47. The molecule has 0 saturated carbocycles. The highest BCUT2D eigenvalue weighted by molar-refractivity contribution is 5.94. The van der Waals surface area contributed by atoms with E-state index in [0.29, 0.717) is 17.3 Å². The van der Waals surface area contributed by atoms with Crippen molar-refractivity contribution in [1.29, 1.82) is 0 Å². The normalized spacial score (nSPS) is 23.1. The van der Waals surface area contributed by atoms with E-state index in [2.05, 4.69) is 26.9 Å². The number of likely N-dealkylation sites (N-methyl/N-ethyl adjacent to an activating group) is 1. The Hall–Kier alpha value is -1.12. The van der Waals surface area contributed by atoms with Crippen molar-refractivity contribution in [3.05, 3.63) is 29.6 Å². The summed E-state index contributed by atoms with van der Waals surface area (Å²) in [5.41, 5.74) is 1.09. The molecule has 170 valence electrons. The molecule has 3 heterocycles. The fraction of sp³-hybridized carbons (Fsp3) is 0.667. The Bertz CT molecular complexity index is 696. The SMILES string of the molecule is CCN1CCN(c2ccc(C(=O)N3CCC(N4CCNCC4)C3)cc2F)CC1.Cl.Cl. The maximum Gasteiger partial charge on any atom is 0.254 e. The van der Waals surface area contributed by atoms with Crippen molar-refractivity contribution in [3.8, 4) is 0 Å². The molecule has 3 aliphatic rings. The molecule has 0 bridgehead atoms. The van der Waals surface area contributed by atoms with Gasteiger partial charge in [0.25, 0.3) is 5.91 Å². The van der Waals surface area contributed by atoms with Crippen LogP contribution < -0.4 is 10.2 Å². The number of benzene rings is 1. The van der Waals surface area contributed by atoms with E-state index in [1.807, 2.05) is 4.90 Å². The lowest BCUT2D eigenvalue weighted by Gasteiger charge is -2.35. The fourth-order valence-electron chi connectivity index (χ4n) is 4.66. The average Bonchev–Trinajstić information content (AvgIpc) is 3.24. The highest BCUT2D eigenvalue weighted by atomic mass is 35.5. The van der Waals surface area contributed by atoms with Gasteiger partial charge in [-0.1, -0.05) is 6.92 Å². The van der Waals surface area contributed by atoms with Crippen LogP contribution in [0.15, 0.2) is 18.2 Å². The Kier molecular flexibility index (Phi) is 9.63. The number of piperazine rings is 2. The molecule has 1 amide bonds. The zero-order valence-corrected chi connectivity index (χ0v) is 19.3. The second-order valence-electron chi connectivity index (χ2n) is 8.07. The van der Waals surface area contributed by atoms with Gasteiger partial charge in [0.15, 0.2) is 0 Å². The number of hydrogen-bond acceptors (Lipinski definition) is 5. The van der Waals surface area contributed by atoms with Crippen molar-refractivity contribution in [2.75, 3.05) is 76.9 Å². The smallest absolute Gasteiger partial charge is 0.254 e. The second kappa shape index (κ2) is 11.5. The molecule has 0 spiro atoms. The van der Waals surface area contributed by atoms with E-state index in [0.717, 1.165) is 78.4 Å². The zero-order chi connectivity index (χ0) is 19.5. The summed E-state index contributed by atoms with van der Waals surface area (Å²) in [5, 5.41) is 3.37. The summed E-state index contributed by atoms with van der Waals surface area (Å²) in [7, 11) is 0. The van der Waals surface area contributed by atoms with Crippen LogP contribution in [0.5, 0.6) is 0 Å². The van der Waals surface area contributed by atoms with Gasteiger partial charge in [-0.25, -0.2) is 4.39 Å². The van der Waals surface area contributed by atoms with Crippen LogP contribution in [0.25, 0.3) is 0 Å². The Morgan fingerprint density at radius 2 is 1.77 bits per heavy atom. The lowest BCUT2D eigenvalue weighted by atomic mass is 10.1. The number of likely N-dealkylation sites (tertiary alicyclic amines) is 1. The molecular formula is C21H34Cl2FN5O. The number of carbonyl (C=O) groups is 1. The third-order valence-electron chi connectivity index (χ3n) is 6.47. The maximum atomic E-state index is 14.8. The fourth-order valence-corrected chi connectivity index (χ4v) is 4.66. The number of amides is 1. The second-order valence-corrected chi connectivity index (χ2v) is 8.07. The van der Waals surface area contributed by atoms with Crippen molar-refractivity contribution in [2.24, 2.45) is 0 Å². The number of carbonyl (C=O) groups excluding carboxylic acids is 1. The summed E-state index contributed by atoms with van der Waals surface area (Å²) in [6.07, 6.45) is 1.01. The predicted molar refractivity (Wildman–Crippen MR) is 124 cm³/mol. The number of hydrogen-bond donors (Lipinski definition) is 1. The maximum absolute atomic E-state index is 14.8. The van der Waals surface area contributed by atoms with Crippen LogP contribution >= 0.6 is 24.8 Å². The first-order chi connectivity index (χ1) is 13.7. The van der Waals surface area contributed by atoms with Crippen LogP contribution in [-0.2, 0) is 0 Å². The number of halogens is 3. The van der Waals surface area contributed by atoms with Crippen molar-refractivity contribution < 1.29 is 9.18 Å². The van der Waals surface area contributed by atoms with Crippen LogP contribution in [0.3, 0.4) is 0 Å². The number of rotatable bonds is 4. The quantitative estimate of drug-likeness (QED) is 0.741. The number of nitrogens with one attached hydrogen (secondary N) is 1. The molecule has 0 radical (unpaired) electrons. The Balaban J connectivity index is 0.00000160. The zero-order valence-electron chi connectivity index (χ0n) is 17.7. The highest BCUT2D eigenvalue weighted by Crippen LogP contribution is 2.24. The highest BCUT2D eigenvalue weighted by Gasteiger charge is 2.31. The van der Waals surface area contributed by atoms with Crippen LogP contribution in [-0.4, -0.2) is 98.6 Å². The molecular weight excluding hydrogens is 428 g/mol. The molecule has 0 aromatic heterocycles. The molecule has 1 aromatic rings. The first-order valence-electron chi connectivity index (χ1n) is 10.7. The lowest BCUT2D eigenvalue weighted by molar-refractivity contribution is 0.0773. The van der Waals surface area contributed by atoms with Crippen molar-refractivity contribution in [1.82, 2.24) is 20.0 Å². The molecule has 1 atom stereocenters. The van der Waals surface area contributed by atoms with E-state index in [9.17, 15) is 9.18 Å². The Morgan fingerprint density at radius 1 is 1.07 bits per heavy atom. The minimum atomic E-state index is -0.284.